The highest BCUT2D eigenvalue weighted by molar-refractivity contribution is 5.61. The molecule has 0 saturated carbocycles. The van der Waals surface area contributed by atoms with Crippen LogP contribution in [0, 0.1) is 23.0 Å². The fourth-order valence-electron chi connectivity index (χ4n) is 3.44. The number of piperidine rings is 1. The van der Waals surface area contributed by atoms with E-state index in [4.69, 9.17) is 4.52 Å². The summed E-state index contributed by atoms with van der Waals surface area (Å²) in [5.74, 6) is 2.21. The minimum Gasteiger partial charge on any atom is -0.351 e. The Morgan fingerprint density at radius 2 is 2.25 bits per heavy atom. The number of anilines is 1. The first-order valence-corrected chi connectivity index (χ1v) is 8.24. The van der Waals surface area contributed by atoms with Gasteiger partial charge in [0, 0.05) is 33.5 Å². The maximum atomic E-state index is 11.5. The van der Waals surface area contributed by atoms with Crippen molar-refractivity contribution in [2.75, 3.05) is 18.0 Å². The molecular formula is C15H22N6O3. The summed E-state index contributed by atoms with van der Waals surface area (Å²) >= 11 is 0. The number of nitrogens with zero attached hydrogens (tertiary/aromatic N) is 6. The molecule has 3 rings (SSSR count). The summed E-state index contributed by atoms with van der Waals surface area (Å²) in [5, 5.41) is 19.8. The van der Waals surface area contributed by atoms with Crippen molar-refractivity contribution in [3.8, 4) is 0 Å². The van der Waals surface area contributed by atoms with E-state index in [1.54, 1.807) is 18.7 Å². The summed E-state index contributed by atoms with van der Waals surface area (Å²) in [7, 11) is 1.77. The van der Waals surface area contributed by atoms with Crippen LogP contribution in [0.2, 0.25) is 0 Å². The molecule has 0 aliphatic carbocycles. The molecule has 1 unspecified atom stereocenters. The van der Waals surface area contributed by atoms with E-state index in [0.29, 0.717) is 35.6 Å². The van der Waals surface area contributed by atoms with Gasteiger partial charge in [0.15, 0.2) is 5.82 Å². The van der Waals surface area contributed by atoms with Crippen molar-refractivity contribution in [3.05, 3.63) is 27.5 Å². The largest absolute Gasteiger partial charge is 0.351 e. The Bertz CT molecular complexity index is 738. The van der Waals surface area contributed by atoms with E-state index in [1.807, 2.05) is 6.92 Å². The molecule has 0 N–H and O–H groups in total. The molecule has 130 valence electrons. The molecule has 1 atom stereocenters. The average Bonchev–Trinajstić information content (AvgIpc) is 3.10. The van der Waals surface area contributed by atoms with Crippen molar-refractivity contribution >= 4 is 11.5 Å². The predicted octanol–water partition coefficient (Wildman–Crippen LogP) is 2.04. The standard InChI is InChI=1S/C15H22N6O3/c1-4-12-14(21(22)23)15(19(3)17-12)20-7-5-6-11(9-20)8-13-16-10(2)24-18-13/h11H,4-9H2,1-3H3. The molecule has 0 spiro atoms. The summed E-state index contributed by atoms with van der Waals surface area (Å²) in [6, 6.07) is 0. The second-order valence-corrected chi connectivity index (χ2v) is 6.24. The third-order valence-electron chi connectivity index (χ3n) is 4.44. The zero-order chi connectivity index (χ0) is 17.3. The lowest BCUT2D eigenvalue weighted by Crippen LogP contribution is -2.37. The smallest absolute Gasteiger partial charge is 0.334 e. The van der Waals surface area contributed by atoms with Crippen LogP contribution >= 0.6 is 0 Å². The normalized spacial score (nSPS) is 18.1. The number of hydrogen-bond acceptors (Lipinski definition) is 7. The van der Waals surface area contributed by atoms with Gasteiger partial charge >= 0.3 is 5.69 Å². The molecule has 1 aliphatic heterocycles. The number of rotatable bonds is 5. The second-order valence-electron chi connectivity index (χ2n) is 6.24. The van der Waals surface area contributed by atoms with Gasteiger partial charge in [0.1, 0.15) is 5.69 Å². The van der Waals surface area contributed by atoms with Gasteiger partial charge in [-0.25, -0.2) is 4.68 Å². The maximum absolute atomic E-state index is 11.5. The Kier molecular flexibility index (Phi) is 4.50. The maximum Gasteiger partial charge on any atom is 0.334 e. The van der Waals surface area contributed by atoms with Crippen molar-refractivity contribution < 1.29 is 9.45 Å². The lowest BCUT2D eigenvalue weighted by atomic mass is 9.94. The molecular weight excluding hydrogens is 312 g/mol. The number of hydrogen-bond donors (Lipinski definition) is 0. The molecule has 24 heavy (non-hydrogen) atoms. The van der Waals surface area contributed by atoms with Gasteiger partial charge in [-0.2, -0.15) is 10.1 Å². The second kappa shape index (κ2) is 6.58. The molecule has 3 heterocycles. The highest BCUT2D eigenvalue weighted by Gasteiger charge is 2.32. The van der Waals surface area contributed by atoms with Crippen LogP contribution in [-0.2, 0) is 19.9 Å². The Balaban J connectivity index is 1.82. The summed E-state index contributed by atoms with van der Waals surface area (Å²) in [5.41, 5.74) is 0.671. The lowest BCUT2D eigenvalue weighted by Gasteiger charge is -2.33. The van der Waals surface area contributed by atoms with Crippen LogP contribution in [0.5, 0.6) is 0 Å². The summed E-state index contributed by atoms with van der Waals surface area (Å²) in [4.78, 5) is 17.5. The molecule has 0 radical (unpaired) electrons. The predicted molar refractivity (Wildman–Crippen MR) is 86.9 cm³/mol. The van der Waals surface area contributed by atoms with Crippen LogP contribution < -0.4 is 4.90 Å². The van der Waals surface area contributed by atoms with Gasteiger partial charge in [0.25, 0.3) is 0 Å². The van der Waals surface area contributed by atoms with Gasteiger partial charge in [-0.15, -0.1) is 0 Å². The third-order valence-corrected chi connectivity index (χ3v) is 4.44. The van der Waals surface area contributed by atoms with Gasteiger partial charge in [-0.3, -0.25) is 10.1 Å². The SMILES string of the molecule is CCc1nn(C)c(N2CCCC(Cc3noc(C)n3)C2)c1[N+](=O)[O-]. The van der Waals surface area contributed by atoms with Crippen LogP contribution in [-0.4, -0.2) is 37.9 Å². The molecule has 2 aromatic heterocycles. The number of nitro groups is 1. The zero-order valence-electron chi connectivity index (χ0n) is 14.2. The minimum absolute atomic E-state index is 0.135. The topological polar surface area (TPSA) is 103 Å². The van der Waals surface area contributed by atoms with Gasteiger partial charge in [-0.05, 0) is 25.2 Å². The van der Waals surface area contributed by atoms with Crippen LogP contribution in [0.3, 0.4) is 0 Å². The van der Waals surface area contributed by atoms with E-state index in [9.17, 15) is 10.1 Å². The molecule has 1 fully saturated rings. The van der Waals surface area contributed by atoms with Crippen LogP contribution in [0.1, 0.15) is 37.2 Å². The van der Waals surface area contributed by atoms with E-state index in [2.05, 4.69) is 20.1 Å². The van der Waals surface area contributed by atoms with Gasteiger partial charge in [0.2, 0.25) is 11.7 Å². The number of aromatic nitrogens is 4. The Labute approximate surface area is 139 Å². The first kappa shape index (κ1) is 16.4. The highest BCUT2D eigenvalue weighted by Crippen LogP contribution is 2.34. The molecule has 1 aliphatic rings. The van der Waals surface area contributed by atoms with E-state index in [0.717, 1.165) is 32.4 Å². The molecule has 9 heteroatoms. The van der Waals surface area contributed by atoms with Crippen molar-refractivity contribution in [2.24, 2.45) is 13.0 Å². The molecule has 0 bridgehead atoms. The fraction of sp³-hybridized carbons (Fsp3) is 0.667. The van der Waals surface area contributed by atoms with E-state index in [1.165, 1.54) is 0 Å². The number of aryl methyl sites for hydroxylation is 3. The molecule has 9 nitrogen and oxygen atoms in total. The first-order chi connectivity index (χ1) is 11.5. The van der Waals surface area contributed by atoms with Gasteiger partial charge in [0.05, 0.1) is 4.92 Å². The van der Waals surface area contributed by atoms with Crippen molar-refractivity contribution in [2.45, 2.75) is 39.5 Å². The zero-order valence-corrected chi connectivity index (χ0v) is 14.2. The van der Waals surface area contributed by atoms with Crippen molar-refractivity contribution in [3.63, 3.8) is 0 Å². The fourth-order valence-corrected chi connectivity index (χ4v) is 3.44. The molecule has 0 amide bonds. The quantitative estimate of drug-likeness (QED) is 0.609. The summed E-state index contributed by atoms with van der Waals surface area (Å²) in [6.07, 6.45) is 3.30. The van der Waals surface area contributed by atoms with Crippen LogP contribution in [0.15, 0.2) is 4.52 Å². The van der Waals surface area contributed by atoms with E-state index < -0.39 is 0 Å². The molecule has 0 aromatic carbocycles. The van der Waals surface area contributed by atoms with Crippen LogP contribution in [0.25, 0.3) is 0 Å². The molecule has 1 saturated heterocycles. The highest BCUT2D eigenvalue weighted by atomic mass is 16.6. The first-order valence-electron chi connectivity index (χ1n) is 8.24. The molecule has 2 aromatic rings. The summed E-state index contributed by atoms with van der Waals surface area (Å²) in [6.45, 7) is 5.19. The third kappa shape index (κ3) is 3.10. The van der Waals surface area contributed by atoms with Gasteiger partial charge < -0.3 is 9.42 Å². The average molecular weight is 334 g/mol. The minimum atomic E-state index is -0.312. The van der Waals surface area contributed by atoms with E-state index in [-0.39, 0.29) is 10.6 Å². The van der Waals surface area contributed by atoms with E-state index >= 15 is 0 Å². The lowest BCUT2D eigenvalue weighted by molar-refractivity contribution is -0.384. The summed E-state index contributed by atoms with van der Waals surface area (Å²) < 4.78 is 6.66. The Morgan fingerprint density at radius 1 is 1.46 bits per heavy atom. The Morgan fingerprint density at radius 3 is 2.88 bits per heavy atom. The van der Waals surface area contributed by atoms with Crippen molar-refractivity contribution in [1.29, 1.82) is 0 Å². The monoisotopic (exact) mass is 334 g/mol. The van der Waals surface area contributed by atoms with Crippen molar-refractivity contribution in [1.82, 2.24) is 19.9 Å². The van der Waals surface area contributed by atoms with Crippen LogP contribution in [0.4, 0.5) is 11.5 Å². The Hall–Kier alpha value is -2.45. The van der Waals surface area contributed by atoms with Gasteiger partial charge in [-0.1, -0.05) is 12.1 Å².